The number of anilines is 1. The van der Waals surface area contributed by atoms with Crippen LogP contribution < -0.4 is 19.7 Å². The zero-order valence-electron chi connectivity index (χ0n) is 20.7. The standard InChI is InChI=1S/C28H30N2O5S/c1-4-30-22-18-20(12-14-26(22)36(33)25-10-8-7-9-21(25)28(30)32)27(31)29-16-15-19-11-13-23(34-5-2)24(17-19)35-6-3/h7-14,17-18H,4-6,15-16H2,1-3H3,(H,29,31). The predicted molar refractivity (Wildman–Crippen MR) is 140 cm³/mol. The van der Waals surface area contributed by atoms with Gasteiger partial charge in [0.05, 0.1) is 45.1 Å². The smallest absolute Gasteiger partial charge is 0.259 e. The van der Waals surface area contributed by atoms with Gasteiger partial charge in [-0.3, -0.25) is 9.59 Å². The Morgan fingerprint density at radius 1 is 0.917 bits per heavy atom. The highest BCUT2D eigenvalue weighted by Crippen LogP contribution is 2.35. The van der Waals surface area contributed by atoms with Crippen LogP contribution in [0.25, 0.3) is 0 Å². The molecule has 3 aromatic carbocycles. The fraction of sp³-hybridized carbons (Fsp3) is 0.286. The number of nitrogens with one attached hydrogen (secondary N) is 1. The van der Waals surface area contributed by atoms with Crippen molar-refractivity contribution in [2.24, 2.45) is 0 Å². The van der Waals surface area contributed by atoms with Crippen LogP contribution in [0.2, 0.25) is 0 Å². The number of hydrogen-bond acceptors (Lipinski definition) is 5. The molecule has 3 aromatic rings. The number of amides is 2. The van der Waals surface area contributed by atoms with Crippen LogP contribution in [-0.2, 0) is 17.2 Å². The van der Waals surface area contributed by atoms with Gasteiger partial charge in [0.1, 0.15) is 0 Å². The van der Waals surface area contributed by atoms with Crippen LogP contribution in [0.15, 0.2) is 70.5 Å². The highest BCUT2D eigenvalue weighted by atomic mass is 32.2. The van der Waals surface area contributed by atoms with Gasteiger partial charge in [-0.2, -0.15) is 0 Å². The molecule has 0 saturated carbocycles. The molecule has 1 unspecified atom stereocenters. The zero-order valence-corrected chi connectivity index (χ0v) is 21.5. The summed E-state index contributed by atoms with van der Waals surface area (Å²) in [6, 6.07) is 17.7. The SMILES string of the molecule is CCOc1ccc(CCNC(=O)c2ccc3c(c2)N(CC)C(=O)c2ccccc2S3=O)cc1OCC. The third-order valence-corrected chi connectivity index (χ3v) is 7.40. The first-order valence-corrected chi connectivity index (χ1v) is 13.3. The molecule has 0 aliphatic carbocycles. The van der Waals surface area contributed by atoms with Crippen molar-refractivity contribution in [1.82, 2.24) is 5.32 Å². The number of carbonyl (C=O) groups excluding carboxylic acids is 2. The summed E-state index contributed by atoms with van der Waals surface area (Å²) in [5, 5.41) is 2.94. The quantitative estimate of drug-likeness (QED) is 0.458. The molecule has 0 bridgehead atoms. The van der Waals surface area contributed by atoms with E-state index < -0.39 is 10.8 Å². The van der Waals surface area contributed by atoms with Gasteiger partial charge in [0.25, 0.3) is 11.8 Å². The highest BCUT2D eigenvalue weighted by molar-refractivity contribution is 7.85. The molecule has 36 heavy (non-hydrogen) atoms. The Labute approximate surface area is 213 Å². The maximum atomic E-state index is 13.3. The van der Waals surface area contributed by atoms with Gasteiger partial charge in [0.2, 0.25) is 0 Å². The number of benzene rings is 3. The van der Waals surface area contributed by atoms with Crippen LogP contribution >= 0.6 is 0 Å². The van der Waals surface area contributed by atoms with Crippen molar-refractivity contribution < 1.29 is 23.3 Å². The average molecular weight is 507 g/mol. The molecule has 0 aromatic heterocycles. The maximum absolute atomic E-state index is 13.3. The lowest BCUT2D eigenvalue weighted by Gasteiger charge is -2.21. The lowest BCUT2D eigenvalue weighted by molar-refractivity contribution is 0.0950. The minimum Gasteiger partial charge on any atom is -0.490 e. The van der Waals surface area contributed by atoms with E-state index >= 15 is 0 Å². The summed E-state index contributed by atoms with van der Waals surface area (Å²) >= 11 is 0. The third kappa shape index (κ3) is 5.14. The molecule has 1 atom stereocenters. The molecule has 0 spiro atoms. The molecule has 1 heterocycles. The van der Waals surface area contributed by atoms with Gasteiger partial charge in [0.15, 0.2) is 11.5 Å². The van der Waals surface area contributed by atoms with Gasteiger partial charge in [-0.1, -0.05) is 18.2 Å². The lowest BCUT2D eigenvalue weighted by Crippen LogP contribution is -2.31. The van der Waals surface area contributed by atoms with Crippen molar-refractivity contribution in [1.29, 1.82) is 0 Å². The molecule has 7 nitrogen and oxygen atoms in total. The summed E-state index contributed by atoms with van der Waals surface area (Å²) in [4.78, 5) is 28.7. The molecule has 2 amide bonds. The third-order valence-electron chi connectivity index (χ3n) is 5.90. The van der Waals surface area contributed by atoms with Crippen LogP contribution in [0.4, 0.5) is 5.69 Å². The Hall–Kier alpha value is -3.65. The largest absolute Gasteiger partial charge is 0.490 e. The van der Waals surface area contributed by atoms with Crippen molar-refractivity contribution in [2.75, 3.05) is 31.2 Å². The van der Waals surface area contributed by atoms with Gasteiger partial charge in [-0.15, -0.1) is 0 Å². The number of ether oxygens (including phenoxy) is 2. The number of carbonyl (C=O) groups is 2. The Bertz CT molecular complexity index is 1310. The lowest BCUT2D eigenvalue weighted by atomic mass is 10.1. The second-order valence-electron chi connectivity index (χ2n) is 8.15. The minimum absolute atomic E-state index is 0.224. The minimum atomic E-state index is -1.53. The first-order chi connectivity index (χ1) is 17.5. The average Bonchev–Trinajstić information content (AvgIpc) is 2.98. The van der Waals surface area contributed by atoms with Crippen LogP contribution in [-0.4, -0.2) is 42.3 Å². The summed E-state index contributed by atoms with van der Waals surface area (Å²) in [5.74, 6) is 0.905. The molecule has 4 rings (SSSR count). The summed E-state index contributed by atoms with van der Waals surface area (Å²) < 4.78 is 24.6. The number of hydrogen-bond donors (Lipinski definition) is 1. The van der Waals surface area contributed by atoms with E-state index in [1.807, 2.05) is 39.0 Å². The van der Waals surface area contributed by atoms with Crippen molar-refractivity contribution in [3.8, 4) is 11.5 Å². The first-order valence-electron chi connectivity index (χ1n) is 12.1. The molecule has 0 radical (unpaired) electrons. The normalized spacial score (nSPS) is 14.5. The molecule has 8 heteroatoms. The summed E-state index contributed by atoms with van der Waals surface area (Å²) in [6.07, 6.45) is 0.613. The Morgan fingerprint density at radius 3 is 2.42 bits per heavy atom. The van der Waals surface area contributed by atoms with Crippen LogP contribution in [0.5, 0.6) is 11.5 Å². The van der Waals surface area contributed by atoms with Crippen molar-refractivity contribution in [3.05, 3.63) is 77.4 Å². The van der Waals surface area contributed by atoms with Crippen LogP contribution in [0.3, 0.4) is 0 Å². The van der Waals surface area contributed by atoms with E-state index in [2.05, 4.69) is 5.32 Å². The topological polar surface area (TPSA) is 84.9 Å². The first kappa shape index (κ1) is 25.4. The van der Waals surface area contributed by atoms with E-state index in [4.69, 9.17) is 9.47 Å². The highest BCUT2D eigenvalue weighted by Gasteiger charge is 2.30. The fourth-order valence-electron chi connectivity index (χ4n) is 4.19. The van der Waals surface area contributed by atoms with Gasteiger partial charge in [-0.05, 0) is 75.2 Å². The molecular formula is C28H30N2O5S. The van der Waals surface area contributed by atoms with Gasteiger partial charge in [-0.25, -0.2) is 4.21 Å². The zero-order chi connectivity index (χ0) is 25.7. The molecule has 188 valence electrons. The number of nitrogens with zero attached hydrogens (tertiary/aromatic N) is 1. The summed E-state index contributed by atoms with van der Waals surface area (Å²) in [7, 11) is -1.53. The molecule has 0 saturated heterocycles. The number of fused-ring (bicyclic) bond motifs is 2. The molecule has 1 aliphatic rings. The summed E-state index contributed by atoms with van der Waals surface area (Å²) in [6.45, 7) is 7.60. The van der Waals surface area contributed by atoms with Crippen molar-refractivity contribution in [2.45, 2.75) is 37.0 Å². The van der Waals surface area contributed by atoms with Crippen LogP contribution in [0, 0.1) is 0 Å². The van der Waals surface area contributed by atoms with E-state index in [-0.39, 0.29) is 11.8 Å². The second kappa shape index (κ2) is 11.4. The monoisotopic (exact) mass is 506 g/mol. The van der Waals surface area contributed by atoms with E-state index in [9.17, 15) is 13.8 Å². The maximum Gasteiger partial charge on any atom is 0.259 e. The van der Waals surface area contributed by atoms with E-state index in [0.29, 0.717) is 70.8 Å². The Kier molecular flexibility index (Phi) is 8.05. The van der Waals surface area contributed by atoms with Crippen molar-refractivity contribution in [3.63, 3.8) is 0 Å². The van der Waals surface area contributed by atoms with Crippen LogP contribution in [0.1, 0.15) is 47.1 Å². The summed E-state index contributed by atoms with van der Waals surface area (Å²) in [5.41, 5.74) is 2.34. The van der Waals surface area contributed by atoms with E-state index in [1.165, 1.54) is 0 Å². The van der Waals surface area contributed by atoms with Crippen molar-refractivity contribution >= 4 is 28.3 Å². The Morgan fingerprint density at radius 2 is 1.67 bits per heavy atom. The van der Waals surface area contributed by atoms with E-state index in [1.54, 1.807) is 47.4 Å². The van der Waals surface area contributed by atoms with Gasteiger partial charge >= 0.3 is 0 Å². The van der Waals surface area contributed by atoms with E-state index in [0.717, 1.165) is 5.56 Å². The molecular weight excluding hydrogens is 476 g/mol. The fourth-order valence-corrected chi connectivity index (χ4v) is 5.54. The second-order valence-corrected chi connectivity index (χ2v) is 9.57. The number of rotatable bonds is 9. The predicted octanol–water partition coefficient (Wildman–Crippen LogP) is 4.60. The van der Waals surface area contributed by atoms with Gasteiger partial charge in [0, 0.05) is 18.7 Å². The molecule has 1 N–H and O–H groups in total. The Balaban J connectivity index is 1.50. The van der Waals surface area contributed by atoms with Gasteiger partial charge < -0.3 is 19.7 Å². The molecule has 0 fully saturated rings. The molecule has 1 aliphatic heterocycles.